The van der Waals surface area contributed by atoms with E-state index < -0.39 is 0 Å². The van der Waals surface area contributed by atoms with Crippen LogP contribution in [0.1, 0.15) is 32.1 Å². The van der Waals surface area contributed by atoms with E-state index in [4.69, 9.17) is 5.26 Å². The Morgan fingerprint density at radius 2 is 2.07 bits per heavy atom. The third-order valence-corrected chi connectivity index (χ3v) is 2.97. The number of ketones is 1. The molecule has 0 saturated heterocycles. The van der Waals surface area contributed by atoms with E-state index in [1.54, 1.807) is 0 Å². The van der Waals surface area contributed by atoms with Gasteiger partial charge in [-0.3, -0.25) is 9.69 Å². The van der Waals surface area contributed by atoms with Crippen molar-refractivity contribution >= 4 is 5.78 Å². The molecular weight excluding hydrogens is 176 g/mol. The maximum absolute atomic E-state index is 11.6. The lowest BCUT2D eigenvalue weighted by atomic mass is 10.2. The molecule has 3 heteroatoms. The summed E-state index contributed by atoms with van der Waals surface area (Å²) in [5.74, 6) is 0.758. The molecule has 2 aliphatic rings. The fraction of sp³-hybridized carbons (Fsp3) is 0.818. The molecule has 0 aromatic rings. The summed E-state index contributed by atoms with van der Waals surface area (Å²) in [6.45, 7) is 1.37. The monoisotopic (exact) mass is 192 g/mol. The number of nitrogens with zero attached hydrogens (tertiary/aromatic N) is 2. The first kappa shape index (κ1) is 9.67. The van der Waals surface area contributed by atoms with Crippen molar-refractivity contribution in [3.05, 3.63) is 0 Å². The van der Waals surface area contributed by atoms with Crippen LogP contribution in [0, 0.1) is 17.2 Å². The molecule has 0 aliphatic heterocycles. The van der Waals surface area contributed by atoms with Crippen molar-refractivity contribution < 1.29 is 4.79 Å². The molecule has 0 radical (unpaired) electrons. The zero-order valence-corrected chi connectivity index (χ0v) is 8.41. The summed E-state index contributed by atoms with van der Waals surface area (Å²) >= 11 is 0. The summed E-state index contributed by atoms with van der Waals surface area (Å²) in [6, 6.07) is 2.75. The van der Waals surface area contributed by atoms with Crippen LogP contribution in [0.5, 0.6) is 0 Å². The van der Waals surface area contributed by atoms with E-state index in [9.17, 15) is 4.79 Å². The summed E-state index contributed by atoms with van der Waals surface area (Å²) in [5.41, 5.74) is 0. The molecule has 0 aromatic carbocycles. The molecule has 2 rings (SSSR count). The van der Waals surface area contributed by atoms with Gasteiger partial charge in [0.15, 0.2) is 0 Å². The summed E-state index contributed by atoms with van der Waals surface area (Å²) in [4.78, 5) is 13.8. The Labute approximate surface area is 84.7 Å². The van der Waals surface area contributed by atoms with E-state index >= 15 is 0 Å². The van der Waals surface area contributed by atoms with Crippen LogP contribution in [0.2, 0.25) is 0 Å². The number of hydrogen-bond acceptors (Lipinski definition) is 3. The number of hydrogen-bond donors (Lipinski definition) is 0. The van der Waals surface area contributed by atoms with Crippen molar-refractivity contribution in [3.63, 3.8) is 0 Å². The Hall–Kier alpha value is -0.880. The van der Waals surface area contributed by atoms with Crippen LogP contribution in [-0.2, 0) is 4.79 Å². The Bertz CT molecular complexity index is 261. The summed E-state index contributed by atoms with van der Waals surface area (Å²) in [5, 5.41) is 8.51. The second-order valence-electron chi connectivity index (χ2n) is 4.35. The third-order valence-electron chi connectivity index (χ3n) is 2.97. The van der Waals surface area contributed by atoms with Crippen LogP contribution in [0.4, 0.5) is 0 Å². The van der Waals surface area contributed by atoms with Crippen molar-refractivity contribution in [2.45, 2.75) is 38.1 Å². The van der Waals surface area contributed by atoms with Gasteiger partial charge < -0.3 is 0 Å². The molecule has 0 unspecified atom stereocenters. The number of Topliss-reactive ketones (excluding diaryl/α,β-unsaturated/α-hetero) is 1. The average Bonchev–Trinajstić information content (AvgIpc) is 3.06. The molecule has 0 amide bonds. The van der Waals surface area contributed by atoms with Gasteiger partial charge in [-0.2, -0.15) is 5.26 Å². The Morgan fingerprint density at radius 1 is 1.36 bits per heavy atom. The molecule has 2 saturated carbocycles. The first-order valence-electron chi connectivity index (χ1n) is 5.45. The molecule has 0 aromatic heterocycles. The number of nitriles is 1. The molecule has 0 N–H and O–H groups in total. The van der Waals surface area contributed by atoms with Gasteiger partial charge in [0.1, 0.15) is 5.78 Å². The average molecular weight is 192 g/mol. The van der Waals surface area contributed by atoms with Crippen LogP contribution in [0.15, 0.2) is 0 Å². The molecule has 3 nitrogen and oxygen atoms in total. The van der Waals surface area contributed by atoms with Crippen molar-refractivity contribution in [2.24, 2.45) is 5.92 Å². The highest BCUT2D eigenvalue weighted by Gasteiger charge is 2.34. The molecule has 76 valence electrons. The second kappa shape index (κ2) is 4.10. The Kier molecular flexibility index (Phi) is 2.83. The van der Waals surface area contributed by atoms with Crippen LogP contribution in [-0.4, -0.2) is 29.8 Å². The normalized spacial score (nSPS) is 20.9. The van der Waals surface area contributed by atoms with Crippen molar-refractivity contribution in [1.82, 2.24) is 4.90 Å². The lowest BCUT2D eigenvalue weighted by Crippen LogP contribution is -2.33. The standard InChI is InChI=1S/C11H16N2O/c12-6-1-7-13(10-4-5-10)8-11(14)9-2-3-9/h9-10H,1-5,7-8H2. The number of carbonyl (C=O) groups is 1. The zero-order valence-electron chi connectivity index (χ0n) is 8.41. The topological polar surface area (TPSA) is 44.1 Å². The predicted octanol–water partition coefficient (Wildman–Crippen LogP) is 1.34. The van der Waals surface area contributed by atoms with E-state index in [1.807, 2.05) is 0 Å². The van der Waals surface area contributed by atoms with Gasteiger partial charge in [-0.05, 0) is 25.7 Å². The first-order valence-corrected chi connectivity index (χ1v) is 5.45. The second-order valence-corrected chi connectivity index (χ2v) is 4.35. The maximum Gasteiger partial charge on any atom is 0.149 e. The van der Waals surface area contributed by atoms with Crippen molar-refractivity contribution in [1.29, 1.82) is 5.26 Å². The van der Waals surface area contributed by atoms with Gasteiger partial charge >= 0.3 is 0 Å². The minimum absolute atomic E-state index is 0.360. The van der Waals surface area contributed by atoms with Crippen LogP contribution >= 0.6 is 0 Å². The fourth-order valence-electron chi connectivity index (χ4n) is 1.76. The van der Waals surface area contributed by atoms with Gasteiger partial charge in [-0.1, -0.05) is 0 Å². The quantitative estimate of drug-likeness (QED) is 0.638. The fourth-order valence-corrected chi connectivity index (χ4v) is 1.76. The largest absolute Gasteiger partial charge is 0.298 e. The van der Waals surface area contributed by atoms with Crippen molar-refractivity contribution in [3.8, 4) is 6.07 Å². The van der Waals surface area contributed by atoms with E-state index in [0.29, 0.717) is 30.7 Å². The van der Waals surface area contributed by atoms with Gasteiger partial charge in [0.2, 0.25) is 0 Å². The van der Waals surface area contributed by atoms with Gasteiger partial charge in [0.25, 0.3) is 0 Å². The molecule has 0 bridgehead atoms. The summed E-state index contributed by atoms with van der Waals surface area (Å²) in [6.07, 6.45) is 5.16. The van der Waals surface area contributed by atoms with E-state index in [2.05, 4.69) is 11.0 Å². The number of carbonyl (C=O) groups excluding carboxylic acids is 1. The minimum atomic E-state index is 0.360. The van der Waals surface area contributed by atoms with Gasteiger partial charge in [0.05, 0.1) is 12.6 Å². The smallest absolute Gasteiger partial charge is 0.149 e. The molecule has 0 heterocycles. The minimum Gasteiger partial charge on any atom is -0.298 e. The third kappa shape index (κ3) is 2.55. The molecule has 0 spiro atoms. The summed E-state index contributed by atoms with van der Waals surface area (Å²) < 4.78 is 0. The Balaban J connectivity index is 1.77. The molecule has 2 aliphatic carbocycles. The van der Waals surface area contributed by atoms with E-state index in [1.165, 1.54) is 12.8 Å². The zero-order chi connectivity index (χ0) is 9.97. The van der Waals surface area contributed by atoms with E-state index in [-0.39, 0.29) is 0 Å². The first-order chi connectivity index (χ1) is 6.81. The van der Waals surface area contributed by atoms with Gasteiger partial charge in [-0.15, -0.1) is 0 Å². The predicted molar refractivity (Wildman–Crippen MR) is 52.6 cm³/mol. The SMILES string of the molecule is N#CCCN(CC(=O)C1CC1)C1CC1. The molecular formula is C11H16N2O. The highest BCUT2D eigenvalue weighted by atomic mass is 16.1. The van der Waals surface area contributed by atoms with Crippen LogP contribution < -0.4 is 0 Å². The molecule has 14 heavy (non-hydrogen) atoms. The van der Waals surface area contributed by atoms with Gasteiger partial charge in [-0.25, -0.2) is 0 Å². The van der Waals surface area contributed by atoms with E-state index in [0.717, 1.165) is 19.4 Å². The highest BCUT2D eigenvalue weighted by Crippen LogP contribution is 2.32. The summed E-state index contributed by atoms with van der Waals surface area (Å²) in [7, 11) is 0. The maximum atomic E-state index is 11.6. The van der Waals surface area contributed by atoms with Crippen LogP contribution in [0.25, 0.3) is 0 Å². The van der Waals surface area contributed by atoms with Gasteiger partial charge in [0, 0.05) is 24.9 Å². The van der Waals surface area contributed by atoms with Crippen LogP contribution in [0.3, 0.4) is 0 Å². The van der Waals surface area contributed by atoms with Crippen molar-refractivity contribution in [2.75, 3.05) is 13.1 Å². The Morgan fingerprint density at radius 3 is 2.57 bits per heavy atom. The molecule has 2 fully saturated rings. The lowest BCUT2D eigenvalue weighted by Gasteiger charge is -2.19. The molecule has 0 atom stereocenters. The number of rotatable bonds is 6. The highest BCUT2D eigenvalue weighted by molar-refractivity contribution is 5.85. The lowest BCUT2D eigenvalue weighted by molar-refractivity contribution is -0.121.